The van der Waals surface area contributed by atoms with Gasteiger partial charge in [0, 0.05) is 5.70 Å². The average molecular weight is 298 g/mol. The zero-order valence-electron chi connectivity index (χ0n) is 14.5. The van der Waals surface area contributed by atoms with E-state index in [4.69, 9.17) is 5.73 Å². The topological polar surface area (TPSA) is 38.4 Å². The lowest BCUT2D eigenvalue weighted by molar-refractivity contribution is 0.727. The third-order valence-electron chi connectivity index (χ3n) is 3.40. The SMILES string of the molecule is C=C=CC(C)CC(/C=C\C(N)=N\C(CC)=C(/C=C)CC)=C/C. The highest BCUT2D eigenvalue weighted by molar-refractivity contribution is 5.92. The largest absolute Gasteiger partial charge is 0.384 e. The molecule has 1 unspecified atom stereocenters. The summed E-state index contributed by atoms with van der Waals surface area (Å²) in [7, 11) is 0. The lowest BCUT2D eigenvalue weighted by atomic mass is 10.0. The fourth-order valence-electron chi connectivity index (χ4n) is 2.14. The monoisotopic (exact) mass is 298 g/mol. The molecular weight excluding hydrogens is 268 g/mol. The first-order chi connectivity index (χ1) is 10.5. The first-order valence-electron chi connectivity index (χ1n) is 7.90. The van der Waals surface area contributed by atoms with Gasteiger partial charge in [-0.25, -0.2) is 4.99 Å². The van der Waals surface area contributed by atoms with Gasteiger partial charge in [0.15, 0.2) is 0 Å². The van der Waals surface area contributed by atoms with Gasteiger partial charge in [-0.15, -0.1) is 5.73 Å². The van der Waals surface area contributed by atoms with Gasteiger partial charge in [-0.3, -0.25) is 0 Å². The Morgan fingerprint density at radius 2 is 1.95 bits per heavy atom. The summed E-state index contributed by atoms with van der Waals surface area (Å²) in [4.78, 5) is 4.52. The molecule has 0 bridgehead atoms. The maximum atomic E-state index is 6.03. The molecule has 0 saturated heterocycles. The smallest absolute Gasteiger partial charge is 0.123 e. The minimum absolute atomic E-state index is 0.407. The second kappa shape index (κ2) is 11.6. The number of hydrogen-bond donors (Lipinski definition) is 1. The van der Waals surface area contributed by atoms with Crippen molar-refractivity contribution in [1.82, 2.24) is 0 Å². The molecule has 0 aromatic rings. The summed E-state index contributed by atoms with van der Waals surface area (Å²) in [5.74, 6) is 0.931. The minimum atomic E-state index is 0.407. The van der Waals surface area contributed by atoms with Gasteiger partial charge in [0.25, 0.3) is 0 Å². The van der Waals surface area contributed by atoms with Gasteiger partial charge in [-0.05, 0) is 49.8 Å². The van der Waals surface area contributed by atoms with Gasteiger partial charge in [-0.2, -0.15) is 0 Å². The van der Waals surface area contributed by atoms with Crippen LogP contribution in [0.2, 0.25) is 0 Å². The molecule has 0 aliphatic rings. The molecule has 0 spiro atoms. The molecule has 0 radical (unpaired) electrons. The second-order valence-corrected chi connectivity index (χ2v) is 5.17. The molecule has 0 aliphatic heterocycles. The number of aliphatic imine (C=N–C) groups is 1. The predicted octanol–water partition coefficient (Wildman–Crippen LogP) is 5.47. The van der Waals surface area contributed by atoms with Gasteiger partial charge in [0.05, 0.1) is 0 Å². The summed E-state index contributed by atoms with van der Waals surface area (Å²) in [6.07, 6.45) is 12.5. The van der Waals surface area contributed by atoms with E-state index >= 15 is 0 Å². The number of hydrogen-bond acceptors (Lipinski definition) is 1. The highest BCUT2D eigenvalue weighted by atomic mass is 14.9. The Balaban J connectivity index is 5.11. The van der Waals surface area contributed by atoms with E-state index in [2.05, 4.69) is 50.7 Å². The van der Waals surface area contributed by atoms with Crippen molar-refractivity contribution in [2.75, 3.05) is 0 Å². The van der Waals surface area contributed by atoms with Crippen molar-refractivity contribution in [2.45, 2.75) is 47.0 Å². The Labute approximate surface area is 136 Å². The standard InChI is InChI=1S/C20H30N2/c1-7-12-16(6)15-17(8-2)13-14-20(21)22-19(11-5)18(9-3)10-4/h8-9,12-14,16H,1,3,10-11,15H2,2,4-6H3,(H2,21,22)/b14-13-,17-8+,19-18+. The van der Waals surface area contributed by atoms with Gasteiger partial charge in [0.1, 0.15) is 5.84 Å². The van der Waals surface area contributed by atoms with Crippen molar-refractivity contribution in [3.05, 3.63) is 66.1 Å². The Hall–Kier alpha value is -2.05. The predicted molar refractivity (Wildman–Crippen MR) is 99.8 cm³/mol. The van der Waals surface area contributed by atoms with Crippen LogP contribution in [-0.2, 0) is 0 Å². The average Bonchev–Trinajstić information content (AvgIpc) is 2.51. The first-order valence-corrected chi connectivity index (χ1v) is 7.90. The van der Waals surface area contributed by atoms with Crippen LogP contribution in [0.4, 0.5) is 0 Å². The third kappa shape index (κ3) is 7.66. The number of nitrogens with two attached hydrogens (primary N) is 1. The van der Waals surface area contributed by atoms with Crippen LogP contribution in [0.15, 0.2) is 71.1 Å². The molecule has 0 rings (SSSR count). The fraction of sp³-hybridized carbons (Fsp3) is 0.400. The molecule has 1 atom stereocenters. The van der Waals surface area contributed by atoms with Crippen LogP contribution in [0.3, 0.4) is 0 Å². The maximum absolute atomic E-state index is 6.03. The van der Waals surface area contributed by atoms with E-state index in [0.29, 0.717) is 11.8 Å². The third-order valence-corrected chi connectivity index (χ3v) is 3.40. The molecule has 2 nitrogen and oxygen atoms in total. The molecule has 0 fully saturated rings. The van der Waals surface area contributed by atoms with Crippen molar-refractivity contribution in [1.29, 1.82) is 0 Å². The van der Waals surface area contributed by atoms with Crippen molar-refractivity contribution in [3.63, 3.8) is 0 Å². The molecule has 0 aromatic carbocycles. The fourth-order valence-corrected chi connectivity index (χ4v) is 2.14. The lowest BCUT2D eigenvalue weighted by Gasteiger charge is -2.07. The van der Waals surface area contributed by atoms with E-state index in [1.807, 2.05) is 31.2 Å². The molecule has 0 aliphatic carbocycles. The summed E-state index contributed by atoms with van der Waals surface area (Å²) < 4.78 is 0. The molecule has 0 heterocycles. The molecule has 0 amide bonds. The molecule has 2 heteroatoms. The number of rotatable bonds is 9. The normalized spacial score (nSPS) is 15.3. The van der Waals surface area contributed by atoms with Crippen molar-refractivity contribution in [2.24, 2.45) is 16.6 Å². The summed E-state index contributed by atoms with van der Waals surface area (Å²) >= 11 is 0. The van der Waals surface area contributed by atoms with E-state index < -0.39 is 0 Å². The number of nitrogens with zero attached hydrogens (tertiary/aromatic N) is 1. The van der Waals surface area contributed by atoms with Crippen LogP contribution in [0.25, 0.3) is 0 Å². The van der Waals surface area contributed by atoms with Crippen molar-refractivity contribution in [3.8, 4) is 0 Å². The zero-order chi connectivity index (χ0) is 17.0. The van der Waals surface area contributed by atoms with E-state index in [1.165, 1.54) is 5.57 Å². The van der Waals surface area contributed by atoms with Crippen LogP contribution >= 0.6 is 0 Å². The molecule has 0 aromatic heterocycles. The molecular formula is C20H30N2. The minimum Gasteiger partial charge on any atom is -0.384 e. The van der Waals surface area contributed by atoms with E-state index in [-0.39, 0.29) is 0 Å². The van der Waals surface area contributed by atoms with Gasteiger partial charge < -0.3 is 5.73 Å². The van der Waals surface area contributed by atoms with Crippen LogP contribution < -0.4 is 5.73 Å². The second-order valence-electron chi connectivity index (χ2n) is 5.17. The lowest BCUT2D eigenvalue weighted by Crippen LogP contribution is -2.08. The first kappa shape index (κ1) is 19.9. The maximum Gasteiger partial charge on any atom is 0.123 e. The summed E-state index contributed by atoms with van der Waals surface area (Å²) in [5, 5.41) is 0. The van der Waals surface area contributed by atoms with Crippen LogP contribution in [-0.4, -0.2) is 5.84 Å². The number of amidine groups is 1. The van der Waals surface area contributed by atoms with E-state index in [9.17, 15) is 0 Å². The summed E-state index contributed by atoms with van der Waals surface area (Å²) in [6, 6.07) is 0. The van der Waals surface area contributed by atoms with Gasteiger partial charge in [-0.1, -0.05) is 57.7 Å². The highest BCUT2D eigenvalue weighted by Crippen LogP contribution is 2.16. The van der Waals surface area contributed by atoms with Crippen molar-refractivity contribution >= 4 is 5.84 Å². The van der Waals surface area contributed by atoms with Crippen LogP contribution in [0.1, 0.15) is 47.0 Å². The zero-order valence-corrected chi connectivity index (χ0v) is 14.5. The van der Waals surface area contributed by atoms with Gasteiger partial charge in [0.2, 0.25) is 0 Å². The Morgan fingerprint density at radius 3 is 2.41 bits per heavy atom. The van der Waals surface area contributed by atoms with E-state index in [1.54, 1.807) is 0 Å². The number of allylic oxidation sites excluding steroid dienone is 7. The molecule has 120 valence electrons. The highest BCUT2D eigenvalue weighted by Gasteiger charge is 2.01. The summed E-state index contributed by atoms with van der Waals surface area (Å²) in [5.41, 5.74) is 12.2. The van der Waals surface area contributed by atoms with Crippen molar-refractivity contribution < 1.29 is 0 Å². The van der Waals surface area contributed by atoms with Crippen LogP contribution in [0.5, 0.6) is 0 Å². The molecule has 0 saturated carbocycles. The molecule has 22 heavy (non-hydrogen) atoms. The van der Waals surface area contributed by atoms with Gasteiger partial charge >= 0.3 is 0 Å². The van der Waals surface area contributed by atoms with E-state index in [0.717, 1.165) is 30.5 Å². The Morgan fingerprint density at radius 1 is 1.27 bits per heavy atom. The quantitative estimate of drug-likeness (QED) is 0.260. The molecule has 2 N–H and O–H groups in total. The Kier molecular flexibility index (Phi) is 10.5. The Bertz CT molecular complexity index is 524. The summed E-state index contributed by atoms with van der Waals surface area (Å²) in [6.45, 7) is 15.8. The van der Waals surface area contributed by atoms with Crippen LogP contribution in [0, 0.1) is 5.92 Å².